The largest absolute Gasteiger partial charge is 0.384 e. The molecule has 112 valence electrons. The van der Waals surface area contributed by atoms with E-state index in [0.717, 1.165) is 5.56 Å². The second-order valence-corrected chi connectivity index (χ2v) is 6.27. The number of anilines is 2. The molecule has 4 nitrogen and oxygen atoms in total. The van der Waals surface area contributed by atoms with Crippen molar-refractivity contribution in [3.8, 4) is 0 Å². The van der Waals surface area contributed by atoms with E-state index in [1.54, 1.807) is 31.2 Å². The number of para-hydroxylation sites is 1. The summed E-state index contributed by atoms with van der Waals surface area (Å²) >= 11 is 0. The minimum absolute atomic E-state index is 0.0544. The molecule has 2 N–H and O–H groups in total. The Bertz CT molecular complexity index is 745. The highest BCUT2D eigenvalue weighted by molar-refractivity contribution is 7.92. The van der Waals surface area contributed by atoms with Crippen LogP contribution in [0.2, 0.25) is 0 Å². The van der Waals surface area contributed by atoms with E-state index >= 15 is 0 Å². The van der Waals surface area contributed by atoms with Gasteiger partial charge in [-0.25, -0.2) is 12.8 Å². The molecule has 0 bridgehead atoms. The van der Waals surface area contributed by atoms with Gasteiger partial charge in [0.05, 0.1) is 11.4 Å². The van der Waals surface area contributed by atoms with E-state index in [1.807, 2.05) is 6.92 Å². The molecule has 0 aliphatic heterocycles. The molecule has 0 saturated carbocycles. The van der Waals surface area contributed by atoms with Crippen molar-refractivity contribution in [1.29, 1.82) is 0 Å². The van der Waals surface area contributed by atoms with E-state index in [9.17, 15) is 12.8 Å². The van der Waals surface area contributed by atoms with Crippen molar-refractivity contribution in [3.05, 3.63) is 53.8 Å². The lowest BCUT2D eigenvalue weighted by Gasteiger charge is -2.13. The fourth-order valence-electron chi connectivity index (χ4n) is 1.95. The number of nitrogens with one attached hydrogen (secondary N) is 2. The maximum Gasteiger partial charge on any atom is 0.264 e. The topological polar surface area (TPSA) is 58.2 Å². The first-order chi connectivity index (χ1) is 9.94. The molecule has 2 aromatic carbocycles. The minimum Gasteiger partial charge on any atom is -0.384 e. The van der Waals surface area contributed by atoms with E-state index in [0.29, 0.717) is 12.2 Å². The van der Waals surface area contributed by atoms with Crippen molar-refractivity contribution in [1.82, 2.24) is 0 Å². The molecule has 0 amide bonds. The summed E-state index contributed by atoms with van der Waals surface area (Å²) in [6.07, 6.45) is 0. The molecule has 0 radical (unpaired) electrons. The minimum atomic E-state index is -3.86. The standard InChI is InChI=1S/C15H17FN2O2S/c1-3-17-13-6-4-5-7-15(13)21(19,20)18-14-10-11(2)8-9-12(14)16/h4-10,17-18H,3H2,1-2H3. The van der Waals surface area contributed by atoms with Crippen LogP contribution in [0.5, 0.6) is 0 Å². The van der Waals surface area contributed by atoms with E-state index in [-0.39, 0.29) is 10.6 Å². The molecule has 2 rings (SSSR count). The summed E-state index contributed by atoms with van der Waals surface area (Å²) in [4.78, 5) is 0.0905. The highest BCUT2D eigenvalue weighted by atomic mass is 32.2. The number of hydrogen-bond acceptors (Lipinski definition) is 3. The van der Waals surface area contributed by atoms with Crippen LogP contribution in [0.3, 0.4) is 0 Å². The van der Waals surface area contributed by atoms with E-state index in [2.05, 4.69) is 10.0 Å². The van der Waals surface area contributed by atoms with Crippen molar-refractivity contribution >= 4 is 21.4 Å². The van der Waals surface area contributed by atoms with Crippen molar-refractivity contribution in [2.24, 2.45) is 0 Å². The summed E-state index contributed by atoms with van der Waals surface area (Å²) in [7, 11) is -3.86. The Morgan fingerprint density at radius 1 is 1.10 bits per heavy atom. The Labute approximate surface area is 124 Å². The lowest BCUT2D eigenvalue weighted by atomic mass is 10.2. The summed E-state index contributed by atoms with van der Waals surface area (Å²) in [5, 5.41) is 2.98. The van der Waals surface area contributed by atoms with Crippen LogP contribution in [0.1, 0.15) is 12.5 Å². The summed E-state index contributed by atoms with van der Waals surface area (Å²) < 4.78 is 40.9. The zero-order valence-electron chi connectivity index (χ0n) is 11.9. The molecule has 0 heterocycles. The fraction of sp³-hybridized carbons (Fsp3) is 0.200. The van der Waals surface area contributed by atoms with Gasteiger partial charge in [-0.2, -0.15) is 0 Å². The van der Waals surface area contributed by atoms with Gasteiger partial charge in [0, 0.05) is 6.54 Å². The van der Waals surface area contributed by atoms with Crippen LogP contribution < -0.4 is 10.0 Å². The number of benzene rings is 2. The predicted molar refractivity (Wildman–Crippen MR) is 82.6 cm³/mol. The van der Waals surface area contributed by atoms with Gasteiger partial charge in [0.2, 0.25) is 0 Å². The van der Waals surface area contributed by atoms with Gasteiger partial charge in [0.15, 0.2) is 0 Å². The molecule has 21 heavy (non-hydrogen) atoms. The summed E-state index contributed by atoms with van der Waals surface area (Å²) in [6.45, 7) is 4.23. The van der Waals surface area contributed by atoms with Gasteiger partial charge in [-0.15, -0.1) is 0 Å². The van der Waals surface area contributed by atoms with Gasteiger partial charge >= 0.3 is 0 Å². The first kappa shape index (κ1) is 15.3. The van der Waals surface area contributed by atoms with Gasteiger partial charge in [-0.3, -0.25) is 4.72 Å². The Morgan fingerprint density at radius 2 is 1.81 bits per heavy atom. The average Bonchev–Trinajstić information content (AvgIpc) is 2.43. The van der Waals surface area contributed by atoms with Crippen LogP contribution in [0, 0.1) is 12.7 Å². The average molecular weight is 308 g/mol. The van der Waals surface area contributed by atoms with Crippen LogP contribution in [0.15, 0.2) is 47.4 Å². The Kier molecular flexibility index (Phi) is 4.47. The van der Waals surface area contributed by atoms with E-state index < -0.39 is 15.8 Å². The molecule has 6 heteroatoms. The molecule has 2 aromatic rings. The second-order valence-electron chi connectivity index (χ2n) is 4.62. The van der Waals surface area contributed by atoms with Crippen LogP contribution in [-0.2, 0) is 10.0 Å². The maximum atomic E-state index is 13.7. The molecule has 0 aliphatic rings. The predicted octanol–water partition coefficient (Wildman–Crippen LogP) is 3.37. The summed E-state index contributed by atoms with van der Waals surface area (Å²) in [6, 6.07) is 10.8. The van der Waals surface area contributed by atoms with Crippen LogP contribution in [-0.4, -0.2) is 15.0 Å². The first-order valence-corrected chi connectivity index (χ1v) is 8.04. The summed E-state index contributed by atoms with van der Waals surface area (Å²) in [5.41, 5.74) is 1.20. The number of aryl methyl sites for hydroxylation is 1. The molecule has 0 fully saturated rings. The van der Waals surface area contributed by atoms with Gasteiger partial charge in [-0.1, -0.05) is 18.2 Å². The Hall–Kier alpha value is -2.08. The summed E-state index contributed by atoms with van der Waals surface area (Å²) in [5.74, 6) is -0.606. The lowest BCUT2D eigenvalue weighted by Crippen LogP contribution is -2.16. The first-order valence-electron chi connectivity index (χ1n) is 6.56. The molecule has 0 aliphatic carbocycles. The van der Waals surface area contributed by atoms with Gasteiger partial charge in [-0.05, 0) is 43.7 Å². The van der Waals surface area contributed by atoms with Gasteiger partial charge < -0.3 is 5.32 Å². The monoisotopic (exact) mass is 308 g/mol. The van der Waals surface area contributed by atoms with Crippen LogP contribution in [0.25, 0.3) is 0 Å². The van der Waals surface area contributed by atoms with Crippen LogP contribution in [0.4, 0.5) is 15.8 Å². The molecule has 0 saturated heterocycles. The molecular weight excluding hydrogens is 291 g/mol. The number of hydrogen-bond donors (Lipinski definition) is 2. The molecular formula is C15H17FN2O2S. The number of halogens is 1. The Balaban J connectivity index is 2.41. The van der Waals surface area contributed by atoms with E-state index in [1.165, 1.54) is 18.2 Å². The van der Waals surface area contributed by atoms with E-state index in [4.69, 9.17) is 0 Å². The van der Waals surface area contributed by atoms with Crippen molar-refractivity contribution in [2.45, 2.75) is 18.7 Å². The quantitative estimate of drug-likeness (QED) is 0.890. The zero-order valence-corrected chi connectivity index (χ0v) is 12.7. The SMILES string of the molecule is CCNc1ccccc1S(=O)(=O)Nc1cc(C)ccc1F. The van der Waals surface area contributed by atoms with Crippen LogP contribution >= 0.6 is 0 Å². The smallest absolute Gasteiger partial charge is 0.264 e. The fourth-order valence-corrected chi connectivity index (χ4v) is 3.20. The molecule has 0 unspecified atom stereocenters. The Morgan fingerprint density at radius 3 is 2.52 bits per heavy atom. The third kappa shape index (κ3) is 3.52. The molecule has 0 atom stereocenters. The molecule has 0 aromatic heterocycles. The number of sulfonamides is 1. The highest BCUT2D eigenvalue weighted by Gasteiger charge is 2.19. The van der Waals surface area contributed by atoms with Gasteiger partial charge in [0.25, 0.3) is 10.0 Å². The lowest BCUT2D eigenvalue weighted by molar-refractivity contribution is 0.598. The third-order valence-corrected chi connectivity index (χ3v) is 4.33. The van der Waals surface area contributed by atoms with Crippen molar-refractivity contribution < 1.29 is 12.8 Å². The highest BCUT2D eigenvalue weighted by Crippen LogP contribution is 2.25. The second kappa shape index (κ2) is 6.13. The van der Waals surface area contributed by atoms with Crippen molar-refractivity contribution in [3.63, 3.8) is 0 Å². The zero-order chi connectivity index (χ0) is 15.5. The van der Waals surface area contributed by atoms with Crippen molar-refractivity contribution in [2.75, 3.05) is 16.6 Å². The third-order valence-electron chi connectivity index (χ3n) is 2.91. The van der Waals surface area contributed by atoms with Gasteiger partial charge in [0.1, 0.15) is 10.7 Å². The maximum absolute atomic E-state index is 13.7. The molecule has 0 spiro atoms. The normalized spacial score (nSPS) is 11.2. The number of rotatable bonds is 5.